The summed E-state index contributed by atoms with van der Waals surface area (Å²) in [6.45, 7) is 5.46. The molecular formula is C15H20ClNO2. The van der Waals surface area contributed by atoms with Crippen molar-refractivity contribution in [2.75, 3.05) is 20.3 Å². The van der Waals surface area contributed by atoms with Gasteiger partial charge in [-0.15, -0.1) is 0 Å². The van der Waals surface area contributed by atoms with Crippen molar-refractivity contribution in [3.05, 3.63) is 28.3 Å². The van der Waals surface area contributed by atoms with Gasteiger partial charge >= 0.3 is 0 Å². The van der Waals surface area contributed by atoms with Crippen molar-refractivity contribution in [1.82, 2.24) is 0 Å². The first kappa shape index (κ1) is 14.4. The zero-order valence-electron chi connectivity index (χ0n) is 11.6. The number of hydrogen-bond donors (Lipinski definition) is 0. The molecule has 0 saturated carbocycles. The van der Waals surface area contributed by atoms with Gasteiger partial charge in [0.15, 0.2) is 0 Å². The van der Waals surface area contributed by atoms with Crippen molar-refractivity contribution < 1.29 is 9.47 Å². The van der Waals surface area contributed by atoms with Crippen molar-refractivity contribution in [1.29, 1.82) is 0 Å². The number of hydrogen-bond acceptors (Lipinski definition) is 3. The summed E-state index contributed by atoms with van der Waals surface area (Å²) in [5, 5.41) is 0.629. The summed E-state index contributed by atoms with van der Waals surface area (Å²) in [5.41, 5.74) is 2.35. The Morgan fingerprint density at radius 3 is 2.84 bits per heavy atom. The van der Waals surface area contributed by atoms with E-state index in [0.717, 1.165) is 17.7 Å². The van der Waals surface area contributed by atoms with Crippen LogP contribution in [0.2, 0.25) is 5.02 Å². The highest BCUT2D eigenvalue weighted by molar-refractivity contribution is 6.32. The van der Waals surface area contributed by atoms with Crippen LogP contribution in [0, 0.1) is 5.92 Å². The second kappa shape index (κ2) is 6.40. The largest absolute Gasteiger partial charge is 0.490 e. The zero-order valence-corrected chi connectivity index (χ0v) is 12.4. The van der Waals surface area contributed by atoms with Gasteiger partial charge in [-0.05, 0) is 35.6 Å². The highest BCUT2D eigenvalue weighted by Gasteiger charge is 2.19. The molecule has 1 aliphatic rings. The lowest BCUT2D eigenvalue weighted by Gasteiger charge is -2.22. The Labute approximate surface area is 119 Å². The number of nitrogens with zero attached hydrogens (tertiary/aromatic N) is 1. The summed E-state index contributed by atoms with van der Waals surface area (Å²) in [4.78, 5) is 4.57. The molecule has 0 saturated heterocycles. The third-order valence-electron chi connectivity index (χ3n) is 3.34. The third kappa shape index (κ3) is 3.48. The molecule has 3 nitrogen and oxygen atoms in total. The van der Waals surface area contributed by atoms with Gasteiger partial charge in [0.2, 0.25) is 0 Å². The normalized spacial score (nSPS) is 17.6. The van der Waals surface area contributed by atoms with Crippen molar-refractivity contribution >= 4 is 17.8 Å². The highest BCUT2D eigenvalue weighted by atomic mass is 35.5. The molecule has 0 amide bonds. The average Bonchev–Trinajstić information content (AvgIpc) is 2.39. The number of benzene rings is 1. The van der Waals surface area contributed by atoms with Crippen molar-refractivity contribution in [2.24, 2.45) is 10.9 Å². The number of aliphatic imine (C=N–C) groups is 1. The van der Waals surface area contributed by atoms with Crippen LogP contribution in [0.5, 0.6) is 5.75 Å². The molecule has 0 radical (unpaired) electrons. The Bertz CT molecular complexity index is 471. The molecule has 0 spiro atoms. The number of ether oxygens (including phenoxy) is 2. The molecule has 1 aliphatic heterocycles. The number of rotatable bonds is 5. The molecular weight excluding hydrogens is 262 g/mol. The van der Waals surface area contributed by atoms with Crippen molar-refractivity contribution in [2.45, 2.75) is 26.3 Å². The summed E-state index contributed by atoms with van der Waals surface area (Å²) in [6, 6.07) is 4.31. The molecule has 0 aromatic heterocycles. The van der Waals surface area contributed by atoms with Crippen LogP contribution in [0.4, 0.5) is 0 Å². The molecule has 2 rings (SSSR count). The van der Waals surface area contributed by atoms with Gasteiger partial charge in [0.25, 0.3) is 0 Å². The maximum Gasteiger partial charge on any atom is 0.138 e. The Kier molecular flexibility index (Phi) is 4.83. The van der Waals surface area contributed by atoms with Gasteiger partial charge in [-0.2, -0.15) is 0 Å². The molecule has 104 valence electrons. The van der Waals surface area contributed by atoms with Gasteiger partial charge in [0.05, 0.1) is 17.7 Å². The standard InChI is InChI=1S/C15H20ClNO2/c1-10(2)14-7-11-8-15(19-5-4-18-3)13(16)6-12(11)9-17-14/h6,8-10,14H,4-5,7H2,1-3H3/t14-/m0/s1. The number of fused-ring (bicyclic) bond motifs is 1. The predicted molar refractivity (Wildman–Crippen MR) is 78.7 cm³/mol. The molecule has 19 heavy (non-hydrogen) atoms. The van der Waals surface area contributed by atoms with Crippen LogP contribution in [-0.2, 0) is 11.2 Å². The van der Waals surface area contributed by atoms with Crippen LogP contribution in [0.1, 0.15) is 25.0 Å². The summed E-state index contributed by atoms with van der Waals surface area (Å²) in [5.74, 6) is 1.27. The lowest BCUT2D eigenvalue weighted by atomic mass is 9.92. The van der Waals surface area contributed by atoms with E-state index in [1.807, 2.05) is 18.3 Å². The van der Waals surface area contributed by atoms with Crippen LogP contribution in [0.25, 0.3) is 0 Å². The zero-order chi connectivity index (χ0) is 13.8. The quantitative estimate of drug-likeness (QED) is 0.775. The van der Waals surface area contributed by atoms with Crippen molar-refractivity contribution in [3.63, 3.8) is 0 Å². The molecule has 0 aliphatic carbocycles. The smallest absolute Gasteiger partial charge is 0.138 e. The van der Waals surface area contributed by atoms with Gasteiger partial charge in [-0.1, -0.05) is 25.4 Å². The number of halogens is 1. The Hall–Kier alpha value is -1.06. The van der Waals surface area contributed by atoms with E-state index < -0.39 is 0 Å². The molecule has 1 aromatic rings. The molecule has 0 N–H and O–H groups in total. The minimum atomic E-state index is 0.348. The second-order valence-corrected chi connectivity index (χ2v) is 5.52. The second-order valence-electron chi connectivity index (χ2n) is 5.12. The molecule has 1 atom stereocenters. The molecule has 0 fully saturated rings. The molecule has 0 bridgehead atoms. The maximum absolute atomic E-state index is 6.21. The molecule has 1 aromatic carbocycles. The minimum absolute atomic E-state index is 0.348. The highest BCUT2D eigenvalue weighted by Crippen LogP contribution is 2.31. The SMILES string of the molecule is COCCOc1cc2c(cc1Cl)C=N[C@H](C(C)C)C2. The lowest BCUT2D eigenvalue weighted by molar-refractivity contribution is 0.146. The van der Waals surface area contributed by atoms with Crippen LogP contribution < -0.4 is 4.74 Å². The lowest BCUT2D eigenvalue weighted by Crippen LogP contribution is -2.21. The molecule has 1 heterocycles. The Balaban J connectivity index is 2.17. The van der Waals surface area contributed by atoms with Crippen LogP contribution in [0.15, 0.2) is 17.1 Å². The Morgan fingerprint density at radius 1 is 1.37 bits per heavy atom. The number of methoxy groups -OCH3 is 1. The average molecular weight is 282 g/mol. The molecule has 0 unspecified atom stereocenters. The van der Waals surface area contributed by atoms with E-state index in [-0.39, 0.29) is 0 Å². The van der Waals surface area contributed by atoms with E-state index in [1.165, 1.54) is 5.56 Å². The monoisotopic (exact) mass is 281 g/mol. The summed E-state index contributed by atoms with van der Waals surface area (Å²) >= 11 is 6.21. The van der Waals surface area contributed by atoms with Crippen LogP contribution in [-0.4, -0.2) is 32.6 Å². The fourth-order valence-electron chi connectivity index (χ4n) is 2.12. The topological polar surface area (TPSA) is 30.8 Å². The third-order valence-corrected chi connectivity index (χ3v) is 3.64. The van der Waals surface area contributed by atoms with Gasteiger partial charge < -0.3 is 9.47 Å². The fraction of sp³-hybridized carbons (Fsp3) is 0.533. The predicted octanol–water partition coefficient (Wildman–Crippen LogP) is 3.36. The first-order chi connectivity index (χ1) is 9.11. The first-order valence-corrected chi connectivity index (χ1v) is 6.97. The van der Waals surface area contributed by atoms with E-state index in [9.17, 15) is 0 Å². The van der Waals surface area contributed by atoms with E-state index in [1.54, 1.807) is 7.11 Å². The summed E-state index contributed by atoms with van der Waals surface area (Å²) in [6.07, 6.45) is 2.87. The Morgan fingerprint density at radius 2 is 2.16 bits per heavy atom. The maximum atomic E-state index is 6.21. The van der Waals surface area contributed by atoms with E-state index in [4.69, 9.17) is 21.1 Å². The molecule has 4 heteroatoms. The van der Waals surface area contributed by atoms with E-state index in [0.29, 0.717) is 30.2 Å². The summed E-state index contributed by atoms with van der Waals surface area (Å²) in [7, 11) is 1.65. The van der Waals surface area contributed by atoms with Crippen LogP contribution >= 0.6 is 11.6 Å². The van der Waals surface area contributed by atoms with E-state index in [2.05, 4.69) is 18.8 Å². The van der Waals surface area contributed by atoms with Crippen LogP contribution in [0.3, 0.4) is 0 Å². The van der Waals surface area contributed by atoms with Gasteiger partial charge in [0.1, 0.15) is 12.4 Å². The van der Waals surface area contributed by atoms with Gasteiger partial charge in [-0.3, -0.25) is 4.99 Å². The van der Waals surface area contributed by atoms with E-state index >= 15 is 0 Å². The first-order valence-electron chi connectivity index (χ1n) is 6.59. The minimum Gasteiger partial charge on any atom is -0.490 e. The van der Waals surface area contributed by atoms with Gasteiger partial charge in [0, 0.05) is 13.3 Å². The fourth-order valence-corrected chi connectivity index (χ4v) is 2.34. The summed E-state index contributed by atoms with van der Waals surface area (Å²) < 4.78 is 10.6. The van der Waals surface area contributed by atoms with Crippen molar-refractivity contribution in [3.8, 4) is 5.75 Å². The van der Waals surface area contributed by atoms with Gasteiger partial charge in [-0.25, -0.2) is 0 Å².